The Morgan fingerprint density at radius 1 is 1.35 bits per heavy atom. The van der Waals surface area contributed by atoms with Crippen molar-refractivity contribution in [3.63, 3.8) is 0 Å². The maximum absolute atomic E-state index is 11.8. The van der Waals surface area contributed by atoms with E-state index >= 15 is 0 Å². The summed E-state index contributed by atoms with van der Waals surface area (Å²) in [6, 6.07) is -0.499. The molecule has 0 radical (unpaired) electrons. The van der Waals surface area contributed by atoms with Crippen molar-refractivity contribution in [1.82, 2.24) is 15.1 Å². The summed E-state index contributed by atoms with van der Waals surface area (Å²) in [4.78, 5) is 27.4. The van der Waals surface area contributed by atoms with Gasteiger partial charge in [-0.2, -0.15) is 0 Å². The zero-order chi connectivity index (χ0) is 14.3. The van der Waals surface area contributed by atoms with Gasteiger partial charge in [0.05, 0.1) is 0 Å². The fourth-order valence-electron chi connectivity index (χ4n) is 3.71. The van der Waals surface area contributed by atoms with Crippen LogP contribution in [0.2, 0.25) is 0 Å². The third kappa shape index (κ3) is 2.35. The first-order chi connectivity index (χ1) is 9.56. The van der Waals surface area contributed by atoms with Crippen LogP contribution in [0.15, 0.2) is 11.6 Å². The molecule has 0 unspecified atom stereocenters. The van der Waals surface area contributed by atoms with Crippen LogP contribution in [0.3, 0.4) is 0 Å². The summed E-state index contributed by atoms with van der Waals surface area (Å²) >= 11 is 0. The van der Waals surface area contributed by atoms with Crippen LogP contribution in [0.1, 0.15) is 26.7 Å². The molecule has 5 heteroatoms. The van der Waals surface area contributed by atoms with Crippen LogP contribution in [-0.4, -0.2) is 54.0 Å². The van der Waals surface area contributed by atoms with Crippen LogP contribution in [0.25, 0.3) is 0 Å². The van der Waals surface area contributed by atoms with Gasteiger partial charge in [0.15, 0.2) is 0 Å². The van der Waals surface area contributed by atoms with E-state index in [0.717, 1.165) is 13.1 Å². The molecule has 0 aromatic rings. The minimum Gasteiger partial charge on any atom is -0.310 e. The maximum Gasteiger partial charge on any atom is 0.324 e. The van der Waals surface area contributed by atoms with Crippen LogP contribution in [0.4, 0.5) is 4.79 Å². The molecule has 5 nitrogen and oxygen atoms in total. The first-order valence-electron chi connectivity index (χ1n) is 7.56. The molecule has 3 rings (SSSR count). The molecule has 3 amide bonds. The van der Waals surface area contributed by atoms with E-state index in [-0.39, 0.29) is 18.0 Å². The van der Waals surface area contributed by atoms with Crippen LogP contribution in [-0.2, 0) is 4.79 Å². The van der Waals surface area contributed by atoms with Gasteiger partial charge in [-0.3, -0.25) is 15.0 Å². The molecule has 2 fully saturated rings. The molecule has 2 aliphatic heterocycles. The molecule has 3 atom stereocenters. The van der Waals surface area contributed by atoms with Gasteiger partial charge in [0.2, 0.25) is 0 Å². The highest BCUT2D eigenvalue weighted by atomic mass is 16.2. The van der Waals surface area contributed by atoms with E-state index in [9.17, 15) is 9.59 Å². The van der Waals surface area contributed by atoms with E-state index in [1.807, 2.05) is 0 Å². The fraction of sp³-hybridized carbons (Fsp3) is 0.733. The number of nitrogens with zero attached hydrogens (tertiary/aromatic N) is 2. The van der Waals surface area contributed by atoms with Gasteiger partial charge in [-0.05, 0) is 31.6 Å². The predicted octanol–water partition coefficient (Wildman–Crippen LogP) is 1.21. The second kappa shape index (κ2) is 5.20. The van der Waals surface area contributed by atoms with Crippen LogP contribution >= 0.6 is 0 Å². The molecule has 2 heterocycles. The van der Waals surface area contributed by atoms with Crippen LogP contribution < -0.4 is 5.32 Å². The first-order valence-corrected chi connectivity index (χ1v) is 7.56. The van der Waals surface area contributed by atoms with Crippen molar-refractivity contribution in [2.24, 2.45) is 11.8 Å². The number of fused-ring (bicyclic) bond motifs is 1. The Morgan fingerprint density at radius 3 is 2.90 bits per heavy atom. The van der Waals surface area contributed by atoms with Crippen LogP contribution in [0.5, 0.6) is 0 Å². The Hall–Kier alpha value is -1.36. The zero-order valence-corrected chi connectivity index (χ0v) is 12.3. The molecule has 110 valence electrons. The van der Waals surface area contributed by atoms with Crippen molar-refractivity contribution in [2.45, 2.75) is 32.7 Å². The minimum atomic E-state index is -0.278. The van der Waals surface area contributed by atoms with Crippen LogP contribution in [0, 0.1) is 11.8 Å². The lowest BCUT2D eigenvalue weighted by atomic mass is 9.79. The summed E-state index contributed by atoms with van der Waals surface area (Å²) in [6.45, 7) is 7.76. The average molecular weight is 277 g/mol. The summed E-state index contributed by atoms with van der Waals surface area (Å²) in [5.41, 5.74) is 1.48. The summed E-state index contributed by atoms with van der Waals surface area (Å²) in [7, 11) is 0. The van der Waals surface area contributed by atoms with Crippen molar-refractivity contribution in [3.8, 4) is 0 Å². The first kappa shape index (κ1) is 13.6. The summed E-state index contributed by atoms with van der Waals surface area (Å²) in [5, 5.41) is 2.41. The predicted molar refractivity (Wildman–Crippen MR) is 76.1 cm³/mol. The zero-order valence-electron chi connectivity index (χ0n) is 12.3. The van der Waals surface area contributed by atoms with E-state index in [4.69, 9.17) is 0 Å². The van der Waals surface area contributed by atoms with Gasteiger partial charge in [0.25, 0.3) is 5.91 Å². The number of hydrogen-bond donors (Lipinski definition) is 1. The van der Waals surface area contributed by atoms with E-state index in [1.165, 1.54) is 18.4 Å². The molecule has 1 N–H and O–H groups in total. The average Bonchev–Trinajstić information content (AvgIpc) is 2.69. The van der Waals surface area contributed by atoms with E-state index in [2.05, 4.69) is 30.1 Å². The maximum atomic E-state index is 11.8. The third-order valence-corrected chi connectivity index (χ3v) is 5.07. The lowest BCUT2D eigenvalue weighted by molar-refractivity contribution is -0.122. The van der Waals surface area contributed by atoms with E-state index < -0.39 is 0 Å². The SMILES string of the molecule is CC1=CCC[C@H](C)[C@H]1CN1CCN2C(=O)NC(=O)[C@@H]2C1. The minimum absolute atomic E-state index is 0.136. The fourth-order valence-corrected chi connectivity index (χ4v) is 3.71. The Bertz CT molecular complexity index is 460. The molecular formula is C15H23N3O2. The van der Waals surface area contributed by atoms with E-state index in [0.29, 0.717) is 24.9 Å². The third-order valence-electron chi connectivity index (χ3n) is 5.07. The highest BCUT2D eigenvalue weighted by Gasteiger charge is 2.42. The normalized spacial score (nSPS) is 34.8. The lowest BCUT2D eigenvalue weighted by Gasteiger charge is -2.39. The second-order valence-corrected chi connectivity index (χ2v) is 6.37. The highest BCUT2D eigenvalue weighted by Crippen LogP contribution is 2.31. The molecule has 1 aliphatic carbocycles. The van der Waals surface area contributed by atoms with Gasteiger partial charge in [-0.1, -0.05) is 18.6 Å². The molecule has 0 aromatic carbocycles. The number of allylic oxidation sites excluding steroid dienone is 1. The Kier molecular flexibility index (Phi) is 3.54. The van der Waals surface area contributed by atoms with Crippen molar-refractivity contribution < 1.29 is 9.59 Å². The second-order valence-electron chi connectivity index (χ2n) is 6.37. The van der Waals surface area contributed by atoms with Crippen molar-refractivity contribution in [1.29, 1.82) is 0 Å². The molecule has 20 heavy (non-hydrogen) atoms. The number of urea groups is 1. The van der Waals surface area contributed by atoms with Crippen molar-refractivity contribution >= 4 is 11.9 Å². The van der Waals surface area contributed by atoms with Gasteiger partial charge in [0, 0.05) is 26.2 Å². The van der Waals surface area contributed by atoms with Gasteiger partial charge < -0.3 is 4.90 Å². The number of rotatable bonds is 2. The molecule has 0 aromatic heterocycles. The number of imide groups is 1. The number of carbonyl (C=O) groups is 2. The summed E-state index contributed by atoms with van der Waals surface area (Å²) < 4.78 is 0. The molecule has 0 saturated carbocycles. The van der Waals surface area contributed by atoms with E-state index in [1.54, 1.807) is 4.90 Å². The molecule has 2 saturated heterocycles. The standard InChI is InChI=1S/C15H23N3O2/c1-10-4-3-5-11(2)12(10)8-17-6-7-18-13(9-17)14(19)16-15(18)20/h4,11-13H,3,5-9H2,1-2H3,(H,16,19,20)/t11-,12-,13-/m0/s1. The quantitative estimate of drug-likeness (QED) is 0.610. The summed E-state index contributed by atoms with van der Waals surface area (Å²) in [6.07, 6.45) is 4.80. The molecule has 0 bridgehead atoms. The highest BCUT2D eigenvalue weighted by molar-refractivity contribution is 6.04. The number of nitrogens with one attached hydrogen (secondary N) is 1. The number of piperazine rings is 1. The van der Waals surface area contributed by atoms with Crippen molar-refractivity contribution in [3.05, 3.63) is 11.6 Å². The number of hydrogen-bond acceptors (Lipinski definition) is 3. The molecule has 0 spiro atoms. The molecule has 3 aliphatic rings. The molecular weight excluding hydrogens is 254 g/mol. The monoisotopic (exact) mass is 277 g/mol. The Balaban J connectivity index is 1.65. The number of amides is 3. The summed E-state index contributed by atoms with van der Waals surface area (Å²) in [5.74, 6) is 1.16. The lowest BCUT2D eigenvalue weighted by Crippen LogP contribution is -2.54. The van der Waals surface area contributed by atoms with Crippen molar-refractivity contribution in [2.75, 3.05) is 26.2 Å². The largest absolute Gasteiger partial charge is 0.324 e. The van der Waals surface area contributed by atoms with Gasteiger partial charge in [0.1, 0.15) is 6.04 Å². The Labute approximate surface area is 120 Å². The number of carbonyl (C=O) groups excluding carboxylic acids is 2. The Morgan fingerprint density at radius 2 is 2.15 bits per heavy atom. The topological polar surface area (TPSA) is 52.6 Å². The smallest absolute Gasteiger partial charge is 0.310 e. The van der Waals surface area contributed by atoms with Gasteiger partial charge in [-0.15, -0.1) is 0 Å². The van der Waals surface area contributed by atoms with Gasteiger partial charge >= 0.3 is 6.03 Å². The van der Waals surface area contributed by atoms with Gasteiger partial charge in [-0.25, -0.2) is 4.79 Å².